The van der Waals surface area contributed by atoms with Gasteiger partial charge in [-0.3, -0.25) is 4.79 Å². The fourth-order valence-electron chi connectivity index (χ4n) is 6.41. The minimum Gasteiger partial charge on any atom is -0.465 e. The first-order valence-electron chi connectivity index (χ1n) is 20.6. The molecule has 1 fully saturated rings. The van der Waals surface area contributed by atoms with Gasteiger partial charge in [0.15, 0.2) is 12.1 Å². The second-order valence-electron chi connectivity index (χ2n) is 15.6. The third kappa shape index (κ3) is 23.7. The molecule has 2 rings (SSSR count). The second-order valence-corrected chi connectivity index (χ2v) is 15.6. The molecule has 0 aliphatic carbocycles. The van der Waals surface area contributed by atoms with Gasteiger partial charge in [-0.1, -0.05) is 92.0 Å². The maximum atomic E-state index is 12.1. The first kappa shape index (κ1) is 51.3. The Morgan fingerprint density at radius 3 is 1.88 bits per heavy atom. The van der Waals surface area contributed by atoms with Gasteiger partial charge in [-0.25, -0.2) is 0 Å². The van der Waals surface area contributed by atoms with Gasteiger partial charge in [-0.15, -0.1) is 0 Å². The molecular formula is C44H70O14. The average Bonchev–Trinajstić information content (AvgIpc) is 3.14. The Labute approximate surface area is 343 Å². The third-order valence-electron chi connectivity index (χ3n) is 10.0. The number of ether oxygens (including phenoxy) is 3. The Bertz CT molecular complexity index is 1340. The number of cyclic esters (lactones) is 1. The Balaban J connectivity index is 2.08. The molecule has 14 heteroatoms. The normalized spacial score (nSPS) is 39.7. The molecular weight excluding hydrogens is 752 g/mol. The predicted octanol–water partition coefficient (Wildman–Crippen LogP) is 2.84. The fourth-order valence-corrected chi connectivity index (χ4v) is 6.41. The largest absolute Gasteiger partial charge is 0.465 e. The van der Waals surface area contributed by atoms with Crippen molar-refractivity contribution in [3.8, 4) is 0 Å². The van der Waals surface area contributed by atoms with E-state index in [1.54, 1.807) is 19.1 Å². The lowest BCUT2D eigenvalue weighted by molar-refractivity contribution is -0.270. The van der Waals surface area contributed by atoms with E-state index in [1.165, 1.54) is 0 Å². The van der Waals surface area contributed by atoms with Gasteiger partial charge in [0.25, 0.3) is 0 Å². The molecule has 330 valence electrons. The van der Waals surface area contributed by atoms with E-state index < -0.39 is 85.5 Å². The van der Waals surface area contributed by atoms with Crippen LogP contribution in [0.3, 0.4) is 0 Å². The Morgan fingerprint density at radius 2 is 1.22 bits per heavy atom. The summed E-state index contributed by atoms with van der Waals surface area (Å²) < 4.78 is 17.0. The second kappa shape index (κ2) is 28.6. The van der Waals surface area contributed by atoms with Crippen LogP contribution in [0.1, 0.15) is 97.3 Å². The molecule has 2 aliphatic heterocycles. The van der Waals surface area contributed by atoms with Crippen molar-refractivity contribution in [2.45, 2.75) is 170 Å². The van der Waals surface area contributed by atoms with Gasteiger partial charge in [0.05, 0.1) is 68.0 Å². The zero-order valence-corrected chi connectivity index (χ0v) is 34.0. The summed E-state index contributed by atoms with van der Waals surface area (Å²) in [6.45, 7) is 3.62. The van der Waals surface area contributed by atoms with Gasteiger partial charge in [-0.2, -0.15) is 0 Å². The number of allylic oxidation sites excluding steroid dienone is 12. The van der Waals surface area contributed by atoms with Gasteiger partial charge in [0.1, 0.15) is 6.10 Å². The van der Waals surface area contributed by atoms with Crippen molar-refractivity contribution < 1.29 is 70.1 Å². The van der Waals surface area contributed by atoms with Crippen molar-refractivity contribution in [2.24, 2.45) is 5.92 Å². The third-order valence-corrected chi connectivity index (χ3v) is 10.0. The molecule has 14 nitrogen and oxygen atoms in total. The number of hydrogen-bond acceptors (Lipinski definition) is 14. The smallest absolute Gasteiger partial charge is 0.308 e. The van der Waals surface area contributed by atoms with Crippen LogP contribution in [0.4, 0.5) is 0 Å². The van der Waals surface area contributed by atoms with E-state index >= 15 is 0 Å². The quantitative estimate of drug-likeness (QED) is 0.142. The average molecular weight is 823 g/mol. The van der Waals surface area contributed by atoms with Crippen LogP contribution in [0, 0.1) is 5.92 Å². The molecule has 0 aromatic heterocycles. The molecule has 4 unspecified atom stereocenters. The van der Waals surface area contributed by atoms with Crippen LogP contribution in [0.15, 0.2) is 85.1 Å². The Hall–Kier alpha value is -2.83. The Kier molecular flexibility index (Phi) is 25.3. The van der Waals surface area contributed by atoms with Gasteiger partial charge in [0.2, 0.25) is 0 Å². The summed E-state index contributed by atoms with van der Waals surface area (Å²) in [5.74, 6) is -2.93. The highest BCUT2D eigenvalue weighted by atomic mass is 16.7. The number of aliphatic hydroxyl groups excluding tert-OH is 8. The molecule has 12 atom stereocenters. The predicted molar refractivity (Wildman–Crippen MR) is 219 cm³/mol. The summed E-state index contributed by atoms with van der Waals surface area (Å²) in [6.07, 6.45) is 15.6. The van der Waals surface area contributed by atoms with Crippen molar-refractivity contribution in [1.29, 1.82) is 0 Å². The number of carbonyl (C=O) groups is 1. The van der Waals surface area contributed by atoms with E-state index in [2.05, 4.69) is 0 Å². The fraction of sp³-hybridized carbons (Fsp3) is 0.659. The van der Waals surface area contributed by atoms with Gasteiger partial charge in [0, 0.05) is 32.1 Å². The van der Waals surface area contributed by atoms with Crippen LogP contribution in [0.5, 0.6) is 0 Å². The molecule has 0 radical (unpaired) electrons. The lowest BCUT2D eigenvalue weighted by Gasteiger charge is -2.37. The summed E-state index contributed by atoms with van der Waals surface area (Å²) in [5.41, 5.74) is 0. The number of carbonyl (C=O) groups excluding carboxylic acids is 1. The lowest BCUT2D eigenvalue weighted by atomic mass is 9.91. The number of hydrogen-bond donors (Lipinski definition) is 10. The molecule has 0 aromatic carbocycles. The maximum absolute atomic E-state index is 12.1. The summed E-state index contributed by atoms with van der Waals surface area (Å²) in [7, 11) is 0. The molecule has 0 aromatic rings. The maximum Gasteiger partial charge on any atom is 0.308 e. The van der Waals surface area contributed by atoms with E-state index in [0.29, 0.717) is 25.7 Å². The standard InChI is InChI=1S/C44H70O14/c1-31-18-20-37(58-43-41(52)29-39(50)32(2)57-43)17-15-13-11-9-7-5-3-4-6-8-10-12-14-16-33(45)23-25-56-42(53)28-35(47)26-34(46)19-21-38(49)40(51)27-36(48)30-44(54,55)24-22-31/h3-15,17,31-41,43,45-52,54-55H,16,18-30H2,1-2H3/b5-3+,6-4+,9-7+,10-8+,13-11+,14-12+,17-15+/t31-,32?,33+,34+,35+,36-,37-,38+,39?,40+,41?,43?/m0/s1. The van der Waals surface area contributed by atoms with Crippen molar-refractivity contribution in [3.05, 3.63) is 85.1 Å². The molecule has 0 spiro atoms. The summed E-state index contributed by atoms with van der Waals surface area (Å²) >= 11 is 0. The van der Waals surface area contributed by atoms with Gasteiger partial charge < -0.3 is 65.3 Å². The monoisotopic (exact) mass is 822 g/mol. The van der Waals surface area contributed by atoms with Crippen LogP contribution in [0.25, 0.3) is 0 Å². The first-order chi connectivity index (χ1) is 27.5. The van der Waals surface area contributed by atoms with Crippen molar-refractivity contribution in [3.63, 3.8) is 0 Å². The zero-order chi connectivity index (χ0) is 42.9. The summed E-state index contributed by atoms with van der Waals surface area (Å²) in [6, 6.07) is 0. The molecule has 2 aliphatic rings. The van der Waals surface area contributed by atoms with Crippen LogP contribution < -0.4 is 0 Å². The van der Waals surface area contributed by atoms with Gasteiger partial charge >= 0.3 is 5.97 Å². The van der Waals surface area contributed by atoms with E-state index in [4.69, 9.17) is 14.2 Å². The lowest BCUT2D eigenvalue weighted by Crippen LogP contribution is -2.48. The van der Waals surface area contributed by atoms with Gasteiger partial charge in [-0.05, 0) is 57.8 Å². The van der Waals surface area contributed by atoms with E-state index in [9.17, 15) is 55.9 Å². The van der Waals surface area contributed by atoms with Crippen LogP contribution in [-0.2, 0) is 19.0 Å². The molecule has 2 heterocycles. The number of rotatable bonds is 2. The summed E-state index contributed by atoms with van der Waals surface area (Å²) in [4.78, 5) is 12.1. The minimum absolute atomic E-state index is 0.00221. The molecule has 0 saturated carbocycles. The zero-order valence-electron chi connectivity index (χ0n) is 34.0. The molecule has 0 bridgehead atoms. The van der Waals surface area contributed by atoms with Crippen LogP contribution in [-0.4, -0.2) is 137 Å². The van der Waals surface area contributed by atoms with E-state index in [1.807, 2.05) is 79.8 Å². The van der Waals surface area contributed by atoms with E-state index in [-0.39, 0.29) is 63.9 Å². The highest BCUT2D eigenvalue weighted by Crippen LogP contribution is 2.27. The molecule has 0 amide bonds. The Morgan fingerprint density at radius 1 is 0.603 bits per heavy atom. The van der Waals surface area contributed by atoms with Crippen molar-refractivity contribution >= 4 is 5.97 Å². The summed E-state index contributed by atoms with van der Waals surface area (Å²) in [5, 5.41) is 104. The van der Waals surface area contributed by atoms with Crippen LogP contribution in [0.2, 0.25) is 0 Å². The molecule has 10 N–H and O–H groups in total. The minimum atomic E-state index is -2.25. The SMILES string of the molecule is CC1OC(O[C@H]2/C=C/C=C/C=C/C=C/C=C/C=C/C=C/C[C@@H](O)CCOC(=O)C[C@H](O)C[C@H](O)CC[C@@H](O)[C@H](O)C[C@H](O)CC(O)(O)CC[C@@H](C)CC2)C(O)CC1O. The first-order valence-corrected chi connectivity index (χ1v) is 20.6. The van der Waals surface area contributed by atoms with Crippen molar-refractivity contribution in [1.82, 2.24) is 0 Å². The highest BCUT2D eigenvalue weighted by Gasteiger charge is 2.36. The number of aliphatic hydroxyl groups is 10. The van der Waals surface area contributed by atoms with E-state index in [0.717, 1.165) is 0 Å². The topological polar surface area (TPSA) is 247 Å². The molecule has 1 saturated heterocycles. The molecule has 58 heavy (non-hydrogen) atoms. The number of esters is 1. The van der Waals surface area contributed by atoms with Crippen molar-refractivity contribution in [2.75, 3.05) is 6.61 Å². The highest BCUT2D eigenvalue weighted by molar-refractivity contribution is 5.69. The van der Waals surface area contributed by atoms with Crippen LogP contribution >= 0.6 is 0 Å².